The minimum atomic E-state index is 0.263. The largest absolute Gasteiger partial charge is 0.409 e. The Bertz CT molecular complexity index is 327. The first-order chi connectivity index (χ1) is 8.26. The summed E-state index contributed by atoms with van der Waals surface area (Å²) in [5.41, 5.74) is 5.47. The molecule has 1 heterocycles. The molecule has 1 aromatic heterocycles. The average Bonchev–Trinajstić information content (AvgIpc) is 2.84. The third-order valence-electron chi connectivity index (χ3n) is 2.38. The molecule has 3 N–H and O–H groups in total. The van der Waals surface area contributed by atoms with Gasteiger partial charge in [-0.25, -0.2) is 0 Å². The highest BCUT2D eigenvalue weighted by molar-refractivity contribution is 7.09. The van der Waals surface area contributed by atoms with Gasteiger partial charge in [0.1, 0.15) is 5.84 Å². The van der Waals surface area contributed by atoms with Crippen molar-refractivity contribution in [2.24, 2.45) is 10.9 Å². The van der Waals surface area contributed by atoms with E-state index in [1.807, 2.05) is 6.07 Å². The molecule has 0 fully saturated rings. The van der Waals surface area contributed by atoms with E-state index in [4.69, 9.17) is 15.7 Å². The van der Waals surface area contributed by atoms with Crippen molar-refractivity contribution < 1.29 is 9.94 Å². The van der Waals surface area contributed by atoms with Crippen LogP contribution in [0.3, 0.4) is 0 Å². The summed E-state index contributed by atoms with van der Waals surface area (Å²) in [6, 6.07) is 4.14. The van der Waals surface area contributed by atoms with Crippen molar-refractivity contribution in [3.05, 3.63) is 22.4 Å². The smallest absolute Gasteiger partial charge is 0.140 e. The van der Waals surface area contributed by atoms with Crippen molar-refractivity contribution in [2.75, 3.05) is 26.8 Å². The predicted octanol–water partition coefficient (Wildman–Crippen LogP) is 1.33. The van der Waals surface area contributed by atoms with Crippen molar-refractivity contribution in [3.8, 4) is 0 Å². The third kappa shape index (κ3) is 5.67. The number of methoxy groups -OCH3 is 1. The zero-order chi connectivity index (χ0) is 12.5. The second-order valence-electron chi connectivity index (χ2n) is 3.69. The summed E-state index contributed by atoms with van der Waals surface area (Å²) >= 11 is 1.73. The molecule has 5 nitrogen and oxygen atoms in total. The summed E-state index contributed by atoms with van der Waals surface area (Å²) in [5, 5.41) is 13.5. The Labute approximate surface area is 105 Å². The molecule has 96 valence electrons. The van der Waals surface area contributed by atoms with E-state index in [-0.39, 0.29) is 5.84 Å². The molecular weight excluding hydrogens is 238 g/mol. The standard InChI is InChI=1S/C11H19N3O2S/c1-16-7-6-14(5-4-11(12)13-15)9-10-3-2-8-17-10/h2-3,8,15H,4-7,9H2,1H3,(H2,12,13). The fourth-order valence-electron chi connectivity index (χ4n) is 1.44. The number of ether oxygens (including phenoxy) is 1. The second-order valence-corrected chi connectivity index (χ2v) is 4.72. The molecule has 0 aliphatic carbocycles. The van der Waals surface area contributed by atoms with Crippen LogP contribution in [0.15, 0.2) is 22.7 Å². The zero-order valence-corrected chi connectivity index (χ0v) is 10.8. The molecule has 0 radical (unpaired) electrons. The lowest BCUT2D eigenvalue weighted by Gasteiger charge is -2.20. The van der Waals surface area contributed by atoms with Gasteiger partial charge in [0, 0.05) is 38.0 Å². The molecule has 0 unspecified atom stereocenters. The Morgan fingerprint density at radius 3 is 3.00 bits per heavy atom. The normalized spacial score (nSPS) is 12.2. The highest BCUT2D eigenvalue weighted by Gasteiger charge is 2.07. The number of thiophene rings is 1. The molecule has 0 saturated heterocycles. The van der Waals surface area contributed by atoms with E-state index < -0.39 is 0 Å². The lowest BCUT2D eigenvalue weighted by Crippen LogP contribution is -2.30. The fourth-order valence-corrected chi connectivity index (χ4v) is 2.18. The van der Waals surface area contributed by atoms with Crippen LogP contribution in [-0.2, 0) is 11.3 Å². The van der Waals surface area contributed by atoms with Crippen LogP contribution in [0, 0.1) is 0 Å². The van der Waals surface area contributed by atoms with Gasteiger partial charge in [-0.05, 0) is 11.4 Å². The first kappa shape index (κ1) is 14.0. The van der Waals surface area contributed by atoms with Gasteiger partial charge in [0.05, 0.1) is 6.61 Å². The highest BCUT2D eigenvalue weighted by Crippen LogP contribution is 2.11. The first-order valence-electron chi connectivity index (χ1n) is 5.46. The van der Waals surface area contributed by atoms with Gasteiger partial charge in [-0.1, -0.05) is 11.2 Å². The van der Waals surface area contributed by atoms with Gasteiger partial charge in [-0.3, -0.25) is 4.90 Å². The monoisotopic (exact) mass is 257 g/mol. The van der Waals surface area contributed by atoms with Crippen molar-refractivity contribution in [2.45, 2.75) is 13.0 Å². The Morgan fingerprint density at radius 1 is 1.59 bits per heavy atom. The number of nitrogens with zero attached hydrogens (tertiary/aromatic N) is 2. The number of hydrogen-bond acceptors (Lipinski definition) is 5. The van der Waals surface area contributed by atoms with E-state index in [0.717, 1.165) is 19.6 Å². The summed E-state index contributed by atoms with van der Waals surface area (Å²) in [6.07, 6.45) is 0.561. The van der Waals surface area contributed by atoms with E-state index >= 15 is 0 Å². The van der Waals surface area contributed by atoms with Gasteiger partial charge in [-0.15, -0.1) is 11.3 Å². The minimum absolute atomic E-state index is 0.263. The Morgan fingerprint density at radius 2 is 2.41 bits per heavy atom. The Balaban J connectivity index is 2.42. The van der Waals surface area contributed by atoms with Crippen molar-refractivity contribution in [3.63, 3.8) is 0 Å². The maximum absolute atomic E-state index is 8.50. The molecule has 0 aliphatic heterocycles. The van der Waals surface area contributed by atoms with E-state index in [1.165, 1.54) is 4.88 Å². The molecule has 0 atom stereocenters. The average molecular weight is 257 g/mol. The van der Waals surface area contributed by atoms with Crippen molar-refractivity contribution >= 4 is 17.2 Å². The quantitative estimate of drug-likeness (QED) is 0.319. The summed E-state index contributed by atoms with van der Waals surface area (Å²) in [6.45, 7) is 3.16. The molecule has 1 aromatic rings. The SMILES string of the molecule is COCCN(CCC(N)=NO)Cc1cccs1. The summed E-state index contributed by atoms with van der Waals surface area (Å²) in [4.78, 5) is 3.54. The van der Waals surface area contributed by atoms with Gasteiger partial charge in [0.15, 0.2) is 0 Å². The van der Waals surface area contributed by atoms with Gasteiger partial charge in [-0.2, -0.15) is 0 Å². The lowest BCUT2D eigenvalue weighted by molar-refractivity contribution is 0.146. The van der Waals surface area contributed by atoms with Crippen LogP contribution in [0.4, 0.5) is 0 Å². The Hall–Kier alpha value is -1.11. The van der Waals surface area contributed by atoms with Crippen LogP contribution in [0.25, 0.3) is 0 Å². The lowest BCUT2D eigenvalue weighted by atomic mass is 10.3. The number of rotatable bonds is 8. The molecule has 6 heteroatoms. The molecule has 0 saturated carbocycles. The van der Waals surface area contributed by atoms with Crippen LogP contribution in [0.5, 0.6) is 0 Å². The van der Waals surface area contributed by atoms with E-state index in [1.54, 1.807) is 18.4 Å². The number of oxime groups is 1. The van der Waals surface area contributed by atoms with Crippen molar-refractivity contribution in [1.29, 1.82) is 0 Å². The highest BCUT2D eigenvalue weighted by atomic mass is 32.1. The number of nitrogens with two attached hydrogens (primary N) is 1. The molecule has 0 aliphatic rings. The zero-order valence-electron chi connectivity index (χ0n) is 10.0. The van der Waals surface area contributed by atoms with Crippen LogP contribution < -0.4 is 5.73 Å². The summed E-state index contributed by atoms with van der Waals surface area (Å²) < 4.78 is 5.08. The topological polar surface area (TPSA) is 71.1 Å². The Kier molecular flexibility index (Phi) is 6.61. The summed E-state index contributed by atoms with van der Waals surface area (Å²) in [5.74, 6) is 0.263. The van der Waals surface area contributed by atoms with E-state index in [0.29, 0.717) is 13.0 Å². The fraction of sp³-hybridized carbons (Fsp3) is 0.545. The number of amidine groups is 1. The molecule has 17 heavy (non-hydrogen) atoms. The first-order valence-corrected chi connectivity index (χ1v) is 6.34. The number of hydrogen-bond donors (Lipinski definition) is 2. The van der Waals surface area contributed by atoms with Gasteiger partial charge < -0.3 is 15.7 Å². The third-order valence-corrected chi connectivity index (χ3v) is 3.24. The maximum Gasteiger partial charge on any atom is 0.140 e. The van der Waals surface area contributed by atoms with Gasteiger partial charge in [0.2, 0.25) is 0 Å². The summed E-state index contributed by atoms with van der Waals surface area (Å²) in [7, 11) is 1.69. The van der Waals surface area contributed by atoms with Crippen LogP contribution >= 0.6 is 11.3 Å². The van der Waals surface area contributed by atoms with Gasteiger partial charge >= 0.3 is 0 Å². The van der Waals surface area contributed by atoms with Crippen LogP contribution in [0.2, 0.25) is 0 Å². The van der Waals surface area contributed by atoms with Crippen LogP contribution in [-0.4, -0.2) is 42.7 Å². The van der Waals surface area contributed by atoms with E-state index in [9.17, 15) is 0 Å². The molecular formula is C11H19N3O2S. The molecule has 0 amide bonds. The molecule has 0 aromatic carbocycles. The molecule has 0 bridgehead atoms. The van der Waals surface area contributed by atoms with Crippen molar-refractivity contribution in [1.82, 2.24) is 4.90 Å². The van der Waals surface area contributed by atoms with Gasteiger partial charge in [0.25, 0.3) is 0 Å². The second kappa shape index (κ2) is 8.05. The maximum atomic E-state index is 8.50. The van der Waals surface area contributed by atoms with E-state index in [2.05, 4.69) is 21.5 Å². The van der Waals surface area contributed by atoms with Crippen LogP contribution in [0.1, 0.15) is 11.3 Å². The molecule has 1 rings (SSSR count). The predicted molar refractivity (Wildman–Crippen MR) is 69.5 cm³/mol. The molecule has 0 spiro atoms. The minimum Gasteiger partial charge on any atom is -0.409 e.